The molecule has 0 radical (unpaired) electrons. The summed E-state index contributed by atoms with van der Waals surface area (Å²) in [5.74, 6) is -0.512. The highest BCUT2D eigenvalue weighted by Crippen LogP contribution is 2.23. The van der Waals surface area contributed by atoms with E-state index in [1.165, 1.54) is 17.0 Å². The van der Waals surface area contributed by atoms with Gasteiger partial charge in [0.1, 0.15) is 5.69 Å². The molecule has 1 fully saturated rings. The molecule has 21 heavy (non-hydrogen) atoms. The van der Waals surface area contributed by atoms with Crippen molar-refractivity contribution in [3.8, 4) is 0 Å². The molecule has 0 bridgehead atoms. The van der Waals surface area contributed by atoms with Gasteiger partial charge in [0.05, 0.1) is 13.2 Å². The predicted molar refractivity (Wildman–Crippen MR) is 83.4 cm³/mol. The summed E-state index contributed by atoms with van der Waals surface area (Å²) < 4.78 is 5.35. The largest absolute Gasteiger partial charge is 0.378 e. The van der Waals surface area contributed by atoms with Crippen LogP contribution in [0.15, 0.2) is 29.6 Å². The summed E-state index contributed by atoms with van der Waals surface area (Å²) in [5.41, 5.74) is 7.58. The summed E-state index contributed by atoms with van der Waals surface area (Å²) in [6.45, 7) is 3.38. The maximum absolute atomic E-state index is 11.0. The minimum atomic E-state index is -0.512. The maximum atomic E-state index is 11.0. The molecule has 0 unspecified atom stereocenters. The normalized spacial score (nSPS) is 15.0. The average molecular weight is 304 g/mol. The van der Waals surface area contributed by atoms with Crippen LogP contribution >= 0.6 is 11.3 Å². The van der Waals surface area contributed by atoms with Crippen molar-refractivity contribution in [1.29, 1.82) is 0 Å². The van der Waals surface area contributed by atoms with Gasteiger partial charge < -0.3 is 20.7 Å². The molecule has 1 saturated heterocycles. The molecule has 2 heterocycles. The fraction of sp³-hybridized carbons (Fsp3) is 0.286. The van der Waals surface area contributed by atoms with Gasteiger partial charge >= 0.3 is 0 Å². The topological polar surface area (TPSA) is 80.5 Å². The second-order valence-electron chi connectivity index (χ2n) is 4.67. The Morgan fingerprint density at radius 1 is 1.29 bits per heavy atom. The molecular formula is C14H16N4O2S. The average Bonchev–Trinajstić information content (AvgIpc) is 2.98. The minimum Gasteiger partial charge on any atom is -0.378 e. The van der Waals surface area contributed by atoms with E-state index in [9.17, 15) is 4.79 Å². The number of hydrogen-bond acceptors (Lipinski definition) is 6. The van der Waals surface area contributed by atoms with E-state index in [-0.39, 0.29) is 5.69 Å². The first-order valence-corrected chi connectivity index (χ1v) is 7.55. The van der Waals surface area contributed by atoms with E-state index in [0.717, 1.165) is 32.0 Å². The van der Waals surface area contributed by atoms with Gasteiger partial charge in [-0.15, -0.1) is 11.3 Å². The van der Waals surface area contributed by atoms with Crippen LogP contribution in [-0.2, 0) is 4.74 Å². The number of amides is 1. The van der Waals surface area contributed by atoms with Crippen LogP contribution in [0.1, 0.15) is 10.5 Å². The van der Waals surface area contributed by atoms with Crippen LogP contribution in [0.5, 0.6) is 0 Å². The van der Waals surface area contributed by atoms with E-state index in [1.807, 2.05) is 12.1 Å². The Morgan fingerprint density at radius 3 is 2.62 bits per heavy atom. The molecule has 0 atom stereocenters. The van der Waals surface area contributed by atoms with Crippen molar-refractivity contribution in [2.24, 2.45) is 5.73 Å². The highest BCUT2D eigenvalue weighted by Gasteiger charge is 2.11. The van der Waals surface area contributed by atoms with Crippen LogP contribution in [0.3, 0.4) is 0 Å². The monoisotopic (exact) mass is 304 g/mol. The number of primary amides is 1. The lowest BCUT2D eigenvalue weighted by atomic mass is 10.2. The van der Waals surface area contributed by atoms with Crippen LogP contribution in [0, 0.1) is 0 Å². The van der Waals surface area contributed by atoms with E-state index < -0.39 is 5.91 Å². The zero-order chi connectivity index (χ0) is 14.7. The second-order valence-corrected chi connectivity index (χ2v) is 5.53. The number of anilines is 3. The van der Waals surface area contributed by atoms with E-state index in [1.54, 1.807) is 5.38 Å². The van der Waals surface area contributed by atoms with Gasteiger partial charge in [0.25, 0.3) is 5.91 Å². The molecule has 0 spiro atoms. The lowest BCUT2D eigenvalue weighted by Gasteiger charge is -2.28. The number of hydrogen-bond donors (Lipinski definition) is 2. The van der Waals surface area contributed by atoms with Gasteiger partial charge in [-0.2, -0.15) is 0 Å². The molecule has 0 saturated carbocycles. The number of benzene rings is 1. The van der Waals surface area contributed by atoms with Crippen molar-refractivity contribution in [3.63, 3.8) is 0 Å². The lowest BCUT2D eigenvalue weighted by Crippen LogP contribution is -2.36. The highest BCUT2D eigenvalue weighted by atomic mass is 32.1. The Labute approximate surface area is 126 Å². The summed E-state index contributed by atoms with van der Waals surface area (Å²) in [5, 5.41) is 5.47. The molecule has 2 aromatic rings. The third-order valence-electron chi connectivity index (χ3n) is 3.25. The Bertz CT molecular complexity index is 620. The number of carbonyl (C=O) groups is 1. The minimum absolute atomic E-state index is 0.285. The zero-order valence-corrected chi connectivity index (χ0v) is 12.2. The third-order valence-corrected chi connectivity index (χ3v) is 4.01. The first kappa shape index (κ1) is 13.8. The van der Waals surface area contributed by atoms with E-state index in [0.29, 0.717) is 5.13 Å². The van der Waals surface area contributed by atoms with Crippen LogP contribution in [-0.4, -0.2) is 37.2 Å². The van der Waals surface area contributed by atoms with Gasteiger partial charge in [-0.1, -0.05) is 0 Å². The predicted octanol–water partition coefficient (Wildman–Crippen LogP) is 1.82. The fourth-order valence-corrected chi connectivity index (χ4v) is 2.86. The fourth-order valence-electron chi connectivity index (χ4n) is 2.14. The molecule has 1 aromatic heterocycles. The smallest absolute Gasteiger partial charge is 0.268 e. The first-order chi connectivity index (χ1) is 10.2. The lowest BCUT2D eigenvalue weighted by molar-refractivity contribution is 0.0996. The highest BCUT2D eigenvalue weighted by molar-refractivity contribution is 7.14. The molecule has 1 amide bonds. The third kappa shape index (κ3) is 3.32. The van der Waals surface area contributed by atoms with Crippen molar-refractivity contribution in [2.75, 3.05) is 36.5 Å². The molecule has 3 N–H and O–H groups in total. The SMILES string of the molecule is NC(=O)c1csc(Nc2ccc(N3CCOCC3)cc2)n1. The Kier molecular flexibility index (Phi) is 4.03. The molecule has 1 aliphatic heterocycles. The molecule has 1 aliphatic rings. The van der Waals surface area contributed by atoms with Crippen molar-refractivity contribution in [2.45, 2.75) is 0 Å². The standard InChI is InChI=1S/C14H16N4O2S/c15-13(19)12-9-21-14(17-12)16-10-1-3-11(4-2-10)18-5-7-20-8-6-18/h1-4,9H,5-8H2,(H2,15,19)(H,16,17). The number of nitrogens with zero attached hydrogens (tertiary/aromatic N) is 2. The Balaban J connectivity index is 1.67. The van der Waals surface area contributed by atoms with Crippen LogP contribution in [0.4, 0.5) is 16.5 Å². The Hall–Kier alpha value is -2.12. The summed E-state index contributed by atoms with van der Waals surface area (Å²) in [6.07, 6.45) is 0. The number of morpholine rings is 1. The van der Waals surface area contributed by atoms with E-state index >= 15 is 0 Å². The van der Waals surface area contributed by atoms with Gasteiger partial charge in [-0.3, -0.25) is 4.79 Å². The summed E-state index contributed by atoms with van der Waals surface area (Å²) in [6, 6.07) is 8.12. The number of ether oxygens (including phenoxy) is 1. The van der Waals surface area contributed by atoms with Crippen molar-refractivity contribution < 1.29 is 9.53 Å². The molecular weight excluding hydrogens is 288 g/mol. The molecule has 110 valence electrons. The Morgan fingerprint density at radius 2 is 2.00 bits per heavy atom. The number of thiazole rings is 1. The van der Waals surface area contributed by atoms with Gasteiger partial charge in [0.2, 0.25) is 0 Å². The van der Waals surface area contributed by atoms with Gasteiger partial charge in [0.15, 0.2) is 5.13 Å². The zero-order valence-electron chi connectivity index (χ0n) is 11.4. The van der Waals surface area contributed by atoms with Crippen molar-refractivity contribution in [1.82, 2.24) is 4.98 Å². The van der Waals surface area contributed by atoms with Gasteiger partial charge in [-0.25, -0.2) is 4.98 Å². The summed E-state index contributed by atoms with van der Waals surface area (Å²) >= 11 is 1.35. The second kappa shape index (κ2) is 6.11. The number of aromatic nitrogens is 1. The summed E-state index contributed by atoms with van der Waals surface area (Å²) in [4.78, 5) is 17.4. The van der Waals surface area contributed by atoms with Gasteiger partial charge in [-0.05, 0) is 24.3 Å². The molecule has 1 aromatic carbocycles. The van der Waals surface area contributed by atoms with Crippen LogP contribution in [0.25, 0.3) is 0 Å². The number of nitrogens with one attached hydrogen (secondary N) is 1. The number of nitrogens with two attached hydrogens (primary N) is 1. The van der Waals surface area contributed by atoms with Crippen molar-refractivity contribution >= 4 is 33.8 Å². The quantitative estimate of drug-likeness (QED) is 0.900. The summed E-state index contributed by atoms with van der Waals surface area (Å²) in [7, 11) is 0. The first-order valence-electron chi connectivity index (χ1n) is 6.67. The molecule has 0 aliphatic carbocycles. The van der Waals surface area contributed by atoms with Gasteiger partial charge in [0, 0.05) is 29.8 Å². The number of rotatable bonds is 4. The molecule has 7 heteroatoms. The van der Waals surface area contributed by atoms with Crippen molar-refractivity contribution in [3.05, 3.63) is 35.3 Å². The van der Waals surface area contributed by atoms with Crippen LogP contribution < -0.4 is 16.0 Å². The van der Waals surface area contributed by atoms with Crippen LogP contribution in [0.2, 0.25) is 0 Å². The number of carbonyl (C=O) groups excluding carboxylic acids is 1. The van der Waals surface area contributed by atoms with E-state index in [2.05, 4.69) is 27.3 Å². The molecule has 3 rings (SSSR count). The maximum Gasteiger partial charge on any atom is 0.268 e. The van der Waals surface area contributed by atoms with E-state index in [4.69, 9.17) is 10.5 Å². The molecule has 6 nitrogen and oxygen atoms in total.